The number of aryl methyl sites for hydroxylation is 2. The van der Waals surface area contributed by atoms with Crippen LogP contribution in [-0.4, -0.2) is 37.5 Å². The highest BCUT2D eigenvalue weighted by molar-refractivity contribution is 7.98. The number of carbonyl (C=O) groups is 2. The number of aromatic nitrogens is 3. The summed E-state index contributed by atoms with van der Waals surface area (Å²) in [7, 11) is 0. The number of fused-ring (bicyclic) bond motifs is 3. The Morgan fingerprint density at radius 2 is 1.48 bits per heavy atom. The van der Waals surface area contributed by atoms with Gasteiger partial charge in [-0.3, -0.25) is 19.1 Å². The first kappa shape index (κ1) is 33.2. The van der Waals surface area contributed by atoms with E-state index in [1.807, 2.05) is 66.1 Å². The number of thiophene rings is 1. The zero-order valence-electron chi connectivity index (χ0n) is 27.9. The van der Waals surface area contributed by atoms with Crippen LogP contribution in [-0.2, 0) is 17.1 Å². The minimum atomic E-state index is -0.945. The average molecular weight is 698 g/mol. The summed E-state index contributed by atoms with van der Waals surface area (Å²) in [6.45, 7) is 6.48. The van der Waals surface area contributed by atoms with Gasteiger partial charge in [-0.25, -0.2) is 0 Å². The summed E-state index contributed by atoms with van der Waals surface area (Å²) < 4.78 is 1.96. The van der Waals surface area contributed by atoms with Gasteiger partial charge in [0, 0.05) is 38.8 Å². The topological polar surface area (TPSA) is 109 Å². The smallest absolute Gasteiger partial charge is 0.306 e. The van der Waals surface area contributed by atoms with Crippen molar-refractivity contribution < 1.29 is 14.7 Å². The van der Waals surface area contributed by atoms with E-state index in [0.29, 0.717) is 23.8 Å². The molecule has 2 aromatic heterocycles. The van der Waals surface area contributed by atoms with Gasteiger partial charge in [-0.1, -0.05) is 78.9 Å². The van der Waals surface area contributed by atoms with Crippen LogP contribution < -0.4 is 5.32 Å². The predicted octanol–water partition coefficient (Wildman–Crippen LogP) is 8.51. The van der Waals surface area contributed by atoms with Gasteiger partial charge < -0.3 is 10.4 Å². The Hall–Kier alpha value is -5.32. The van der Waals surface area contributed by atoms with Crippen molar-refractivity contribution in [1.82, 2.24) is 20.1 Å². The quantitative estimate of drug-likeness (QED) is 0.139. The third-order valence-electron chi connectivity index (χ3n) is 8.87. The van der Waals surface area contributed by atoms with Crippen LogP contribution in [0.2, 0.25) is 0 Å². The van der Waals surface area contributed by atoms with Crippen LogP contribution in [0.1, 0.15) is 67.2 Å². The molecule has 10 heteroatoms. The van der Waals surface area contributed by atoms with Gasteiger partial charge in [0.15, 0.2) is 5.82 Å². The maximum absolute atomic E-state index is 13.0. The summed E-state index contributed by atoms with van der Waals surface area (Å²) in [5.41, 5.74) is 8.62. The van der Waals surface area contributed by atoms with Crippen LogP contribution in [0.25, 0.3) is 16.1 Å². The van der Waals surface area contributed by atoms with Crippen LogP contribution in [0.5, 0.6) is 0 Å². The van der Waals surface area contributed by atoms with Crippen LogP contribution in [0, 0.1) is 20.8 Å². The zero-order chi connectivity index (χ0) is 34.8. The Morgan fingerprint density at radius 1 is 0.820 bits per heavy atom. The Labute approximate surface area is 299 Å². The first-order chi connectivity index (χ1) is 24.2. The number of carbonyl (C=O) groups excluding carboxylic acids is 1. The minimum absolute atomic E-state index is 0.126. The fourth-order valence-corrected chi connectivity index (χ4v) is 8.12. The number of aliphatic carboxylic acids is 1. The number of carboxylic acid groups (broad SMARTS) is 1. The zero-order valence-corrected chi connectivity index (χ0v) is 29.5. The second-order valence-corrected chi connectivity index (χ2v) is 14.5. The van der Waals surface area contributed by atoms with Crippen LogP contribution >= 0.6 is 23.1 Å². The molecule has 4 aromatic carbocycles. The third kappa shape index (κ3) is 6.90. The number of amides is 1. The van der Waals surface area contributed by atoms with Gasteiger partial charge in [0.1, 0.15) is 16.9 Å². The minimum Gasteiger partial charge on any atom is -0.481 e. The van der Waals surface area contributed by atoms with Crippen molar-refractivity contribution in [3.63, 3.8) is 0 Å². The van der Waals surface area contributed by atoms with E-state index < -0.39 is 12.0 Å². The molecule has 3 heterocycles. The molecule has 50 heavy (non-hydrogen) atoms. The van der Waals surface area contributed by atoms with E-state index in [1.54, 1.807) is 23.1 Å². The molecule has 0 saturated heterocycles. The molecule has 1 amide bonds. The summed E-state index contributed by atoms with van der Waals surface area (Å²) >= 11 is 3.43. The molecule has 250 valence electrons. The summed E-state index contributed by atoms with van der Waals surface area (Å²) in [4.78, 5) is 32.2. The van der Waals surface area contributed by atoms with Gasteiger partial charge in [0.25, 0.3) is 5.91 Å². The molecule has 6 aromatic rings. The number of rotatable bonds is 10. The van der Waals surface area contributed by atoms with E-state index in [1.165, 1.54) is 10.5 Å². The molecule has 1 aliphatic heterocycles. The van der Waals surface area contributed by atoms with Crippen molar-refractivity contribution in [2.75, 3.05) is 0 Å². The van der Waals surface area contributed by atoms with Crippen molar-refractivity contribution in [2.45, 2.75) is 50.4 Å². The van der Waals surface area contributed by atoms with Crippen molar-refractivity contribution in [3.8, 4) is 16.1 Å². The molecular weight excluding hydrogens is 663 g/mol. The number of hydrogen-bond acceptors (Lipinski definition) is 7. The van der Waals surface area contributed by atoms with E-state index in [4.69, 9.17) is 4.99 Å². The molecule has 0 unspecified atom stereocenters. The van der Waals surface area contributed by atoms with Gasteiger partial charge in [-0.2, -0.15) is 0 Å². The fraction of sp³-hybridized carbons (Fsp3) is 0.175. The van der Waals surface area contributed by atoms with Crippen LogP contribution in [0.3, 0.4) is 0 Å². The van der Waals surface area contributed by atoms with Crippen molar-refractivity contribution in [2.24, 2.45) is 4.99 Å². The number of thioether (sulfide) groups is 1. The molecule has 0 radical (unpaired) electrons. The SMILES string of the molecule is Cc1sc2c(c1C)C(c1ccc(-c3ccc(C(=O)NCc4ccc(SCc5ccccc5)cc4)cc3)cc1)=N[C@@H](CC(=O)O)c1nnc(C)n1-2. The maximum Gasteiger partial charge on any atom is 0.306 e. The van der Waals surface area contributed by atoms with E-state index >= 15 is 0 Å². The molecular formula is C40H35N5O3S2. The van der Waals surface area contributed by atoms with E-state index in [9.17, 15) is 14.7 Å². The lowest BCUT2D eigenvalue weighted by Crippen LogP contribution is -2.22. The predicted molar refractivity (Wildman–Crippen MR) is 200 cm³/mol. The average Bonchev–Trinajstić information content (AvgIpc) is 3.62. The van der Waals surface area contributed by atoms with Crippen molar-refractivity contribution in [3.05, 3.63) is 153 Å². The lowest BCUT2D eigenvalue weighted by atomic mass is 9.96. The van der Waals surface area contributed by atoms with E-state index in [-0.39, 0.29) is 12.3 Å². The molecule has 7 rings (SSSR count). The summed E-state index contributed by atoms with van der Waals surface area (Å²) in [6.07, 6.45) is -0.187. The van der Waals surface area contributed by atoms with E-state index in [2.05, 4.69) is 77.9 Å². The number of benzene rings is 4. The molecule has 0 fully saturated rings. The summed E-state index contributed by atoms with van der Waals surface area (Å²) in [6, 6.07) is 33.7. The highest BCUT2D eigenvalue weighted by Gasteiger charge is 2.32. The standard InChI is InChI=1S/C40H35N5O3S2/c1-24-25(2)50-40-36(24)37(42-34(21-35(46)47)38-44-43-26(3)45(38)40)31-15-11-29(12-16-31)30-13-17-32(18-14-30)39(48)41-22-27-9-19-33(20-10-27)49-23-28-7-5-4-6-8-28/h4-20,34H,21-23H2,1-3H3,(H,41,48)(H,46,47)/t34-/m0/s1. The molecule has 0 saturated carbocycles. The molecule has 2 N–H and O–H groups in total. The molecule has 8 nitrogen and oxygen atoms in total. The second-order valence-electron chi connectivity index (χ2n) is 12.3. The van der Waals surface area contributed by atoms with Crippen LogP contribution in [0.4, 0.5) is 0 Å². The number of aliphatic imine (C=N–C) groups is 1. The second kappa shape index (κ2) is 14.3. The lowest BCUT2D eigenvalue weighted by molar-refractivity contribution is -0.137. The van der Waals surface area contributed by atoms with Crippen molar-refractivity contribution in [1.29, 1.82) is 0 Å². The number of nitrogens with one attached hydrogen (secondary N) is 1. The first-order valence-electron chi connectivity index (χ1n) is 16.3. The highest BCUT2D eigenvalue weighted by Crippen LogP contribution is 2.39. The van der Waals surface area contributed by atoms with E-state index in [0.717, 1.165) is 54.7 Å². The number of carboxylic acids is 1. The van der Waals surface area contributed by atoms with Gasteiger partial charge in [0.2, 0.25) is 0 Å². The third-order valence-corrected chi connectivity index (χ3v) is 11.1. The van der Waals surface area contributed by atoms with Gasteiger partial charge >= 0.3 is 5.97 Å². The van der Waals surface area contributed by atoms with Crippen LogP contribution in [0.15, 0.2) is 113 Å². The lowest BCUT2D eigenvalue weighted by Gasteiger charge is -2.12. The Bertz CT molecular complexity index is 2200. The van der Waals surface area contributed by atoms with Crippen molar-refractivity contribution >= 4 is 40.7 Å². The molecule has 0 aliphatic carbocycles. The molecule has 1 aliphatic rings. The number of nitrogens with zero attached hydrogens (tertiary/aromatic N) is 4. The molecule has 0 bridgehead atoms. The monoisotopic (exact) mass is 697 g/mol. The van der Waals surface area contributed by atoms with Gasteiger partial charge in [-0.15, -0.1) is 33.3 Å². The first-order valence-corrected chi connectivity index (χ1v) is 18.1. The Morgan fingerprint density at radius 3 is 2.16 bits per heavy atom. The highest BCUT2D eigenvalue weighted by atomic mass is 32.2. The number of hydrogen-bond donors (Lipinski definition) is 2. The largest absolute Gasteiger partial charge is 0.481 e. The Balaban J connectivity index is 1.04. The van der Waals surface area contributed by atoms with Gasteiger partial charge in [0.05, 0.1) is 12.1 Å². The summed E-state index contributed by atoms with van der Waals surface area (Å²) in [5.74, 6) is 1.08. The van der Waals surface area contributed by atoms with Gasteiger partial charge in [-0.05, 0) is 72.9 Å². The maximum atomic E-state index is 13.0. The Kier molecular flexibility index (Phi) is 9.47. The normalized spacial score (nSPS) is 13.6. The summed E-state index contributed by atoms with van der Waals surface area (Å²) in [5, 5.41) is 22.3. The molecule has 1 atom stereocenters. The molecule has 0 spiro atoms. The fourth-order valence-electron chi connectivity index (χ4n) is 6.05.